The van der Waals surface area contributed by atoms with E-state index in [0.29, 0.717) is 6.04 Å². The largest absolute Gasteiger partial charge is 0.348 e. The van der Waals surface area contributed by atoms with Gasteiger partial charge in [-0.15, -0.1) is 0 Å². The van der Waals surface area contributed by atoms with Crippen molar-refractivity contribution in [3.8, 4) is 0 Å². The molecule has 104 valence electrons. The van der Waals surface area contributed by atoms with E-state index in [1.54, 1.807) is 0 Å². The van der Waals surface area contributed by atoms with Crippen molar-refractivity contribution >= 4 is 5.82 Å². The van der Waals surface area contributed by atoms with E-state index in [2.05, 4.69) is 44.5 Å². The van der Waals surface area contributed by atoms with Crippen LogP contribution in [-0.4, -0.2) is 29.6 Å². The summed E-state index contributed by atoms with van der Waals surface area (Å²) in [4.78, 5) is 11.2. The normalized spacial score (nSPS) is 17.9. The van der Waals surface area contributed by atoms with Crippen molar-refractivity contribution in [3.05, 3.63) is 53.5 Å². The number of nitrogens with one attached hydrogen (secondary N) is 1. The van der Waals surface area contributed by atoms with Gasteiger partial charge in [-0.05, 0) is 37.6 Å². The molecule has 20 heavy (non-hydrogen) atoms. The van der Waals surface area contributed by atoms with E-state index in [9.17, 15) is 0 Å². The van der Waals surface area contributed by atoms with Gasteiger partial charge in [0.1, 0.15) is 11.6 Å². The molecule has 1 N–H and O–H groups in total. The van der Waals surface area contributed by atoms with Gasteiger partial charge in [-0.3, -0.25) is 0 Å². The summed E-state index contributed by atoms with van der Waals surface area (Å²) in [6, 6.07) is 11.1. The Hall–Kier alpha value is -1.94. The Bertz CT molecular complexity index is 597. The summed E-state index contributed by atoms with van der Waals surface area (Å²) in [7, 11) is 2.00. The summed E-state index contributed by atoms with van der Waals surface area (Å²) in [5, 5.41) is 3.30. The number of likely N-dealkylation sites (N-methyl/N-ethyl adjacent to an activating group) is 1. The van der Waals surface area contributed by atoms with E-state index >= 15 is 0 Å². The number of aryl methyl sites for hydroxylation is 1. The first kappa shape index (κ1) is 13.1. The summed E-state index contributed by atoms with van der Waals surface area (Å²) < 4.78 is 0. The molecule has 4 heteroatoms. The number of aromatic nitrogens is 2. The van der Waals surface area contributed by atoms with E-state index < -0.39 is 0 Å². The molecule has 0 bridgehead atoms. The lowest BCUT2D eigenvalue weighted by atomic mass is 9.94. The third kappa shape index (κ3) is 2.51. The predicted molar refractivity (Wildman–Crippen MR) is 80.8 cm³/mol. The standard InChI is InChI=1S/C16H20N4/c1-12-18-8-7-16(19-12)20-11-14-6-4-3-5-13(14)9-15(20)10-17-2/h3-8,15,17H,9-11H2,1-2H3. The Morgan fingerprint density at radius 2 is 2.05 bits per heavy atom. The molecule has 0 saturated heterocycles. The van der Waals surface area contributed by atoms with Gasteiger partial charge >= 0.3 is 0 Å². The van der Waals surface area contributed by atoms with Gasteiger partial charge in [0.15, 0.2) is 0 Å². The average molecular weight is 268 g/mol. The molecule has 1 unspecified atom stereocenters. The number of fused-ring (bicyclic) bond motifs is 1. The topological polar surface area (TPSA) is 41.0 Å². The molecule has 0 saturated carbocycles. The summed E-state index contributed by atoms with van der Waals surface area (Å²) in [5.74, 6) is 1.84. The van der Waals surface area contributed by atoms with Gasteiger partial charge in [-0.25, -0.2) is 9.97 Å². The van der Waals surface area contributed by atoms with Gasteiger partial charge in [0.05, 0.1) is 0 Å². The second-order valence-corrected chi connectivity index (χ2v) is 5.27. The van der Waals surface area contributed by atoms with Crippen LogP contribution in [0, 0.1) is 6.92 Å². The Kier molecular flexibility index (Phi) is 3.65. The third-order valence-electron chi connectivity index (χ3n) is 3.85. The SMILES string of the molecule is CNCC1Cc2ccccc2CN1c1ccnc(C)n1. The molecule has 1 aromatic carbocycles. The van der Waals surface area contributed by atoms with Crippen LogP contribution in [0.4, 0.5) is 5.82 Å². The molecule has 0 radical (unpaired) electrons. The Labute approximate surface area is 119 Å². The zero-order chi connectivity index (χ0) is 13.9. The molecule has 2 heterocycles. The third-order valence-corrected chi connectivity index (χ3v) is 3.85. The number of anilines is 1. The highest BCUT2D eigenvalue weighted by atomic mass is 15.2. The molecule has 2 aromatic rings. The maximum Gasteiger partial charge on any atom is 0.132 e. The molecule has 0 amide bonds. The monoisotopic (exact) mass is 268 g/mol. The average Bonchev–Trinajstić information content (AvgIpc) is 2.47. The first-order valence-corrected chi connectivity index (χ1v) is 7.05. The Morgan fingerprint density at radius 1 is 1.25 bits per heavy atom. The van der Waals surface area contributed by atoms with Crippen molar-refractivity contribution in [1.82, 2.24) is 15.3 Å². The quantitative estimate of drug-likeness (QED) is 0.923. The van der Waals surface area contributed by atoms with Crippen molar-refractivity contribution in [2.24, 2.45) is 0 Å². The number of nitrogens with zero attached hydrogens (tertiary/aromatic N) is 3. The lowest BCUT2D eigenvalue weighted by Gasteiger charge is -2.37. The van der Waals surface area contributed by atoms with Gasteiger partial charge in [0.2, 0.25) is 0 Å². The van der Waals surface area contributed by atoms with E-state index in [1.807, 2.05) is 26.2 Å². The molecule has 0 spiro atoms. The van der Waals surface area contributed by atoms with Crippen LogP contribution in [0.2, 0.25) is 0 Å². The van der Waals surface area contributed by atoms with E-state index in [-0.39, 0.29) is 0 Å². The zero-order valence-electron chi connectivity index (χ0n) is 12.0. The second kappa shape index (κ2) is 5.59. The highest BCUT2D eigenvalue weighted by molar-refractivity contribution is 5.45. The van der Waals surface area contributed by atoms with Crippen LogP contribution >= 0.6 is 0 Å². The van der Waals surface area contributed by atoms with Crippen molar-refractivity contribution in [1.29, 1.82) is 0 Å². The minimum atomic E-state index is 0.434. The van der Waals surface area contributed by atoms with Crippen LogP contribution in [-0.2, 0) is 13.0 Å². The lowest BCUT2D eigenvalue weighted by molar-refractivity contribution is 0.522. The maximum absolute atomic E-state index is 4.59. The molecular formula is C16H20N4. The van der Waals surface area contributed by atoms with E-state index in [4.69, 9.17) is 0 Å². The smallest absolute Gasteiger partial charge is 0.132 e. The van der Waals surface area contributed by atoms with Crippen LogP contribution in [0.3, 0.4) is 0 Å². The maximum atomic E-state index is 4.59. The van der Waals surface area contributed by atoms with Gasteiger partial charge in [-0.1, -0.05) is 24.3 Å². The van der Waals surface area contributed by atoms with Gasteiger partial charge in [0.25, 0.3) is 0 Å². The minimum Gasteiger partial charge on any atom is -0.348 e. The molecule has 4 nitrogen and oxygen atoms in total. The minimum absolute atomic E-state index is 0.434. The first-order chi connectivity index (χ1) is 9.78. The number of hydrogen-bond donors (Lipinski definition) is 1. The van der Waals surface area contributed by atoms with Crippen molar-refractivity contribution in [2.75, 3.05) is 18.5 Å². The van der Waals surface area contributed by atoms with E-state index in [1.165, 1.54) is 11.1 Å². The fraction of sp³-hybridized carbons (Fsp3) is 0.375. The molecule has 0 aliphatic carbocycles. The zero-order valence-corrected chi connectivity index (χ0v) is 12.0. The second-order valence-electron chi connectivity index (χ2n) is 5.27. The summed E-state index contributed by atoms with van der Waals surface area (Å²) in [5.41, 5.74) is 2.85. The van der Waals surface area contributed by atoms with Gasteiger partial charge < -0.3 is 10.2 Å². The number of hydrogen-bond acceptors (Lipinski definition) is 4. The van der Waals surface area contributed by atoms with Crippen LogP contribution in [0.15, 0.2) is 36.5 Å². The van der Waals surface area contributed by atoms with Crippen molar-refractivity contribution in [3.63, 3.8) is 0 Å². The summed E-state index contributed by atoms with van der Waals surface area (Å²) in [6.45, 7) is 3.81. The Morgan fingerprint density at radius 3 is 2.80 bits per heavy atom. The molecular weight excluding hydrogens is 248 g/mol. The number of benzene rings is 1. The molecule has 0 fully saturated rings. The van der Waals surface area contributed by atoms with Crippen LogP contribution in [0.1, 0.15) is 17.0 Å². The predicted octanol–water partition coefficient (Wildman–Crippen LogP) is 1.94. The van der Waals surface area contributed by atoms with Crippen LogP contribution in [0.5, 0.6) is 0 Å². The van der Waals surface area contributed by atoms with E-state index in [0.717, 1.165) is 31.2 Å². The highest BCUT2D eigenvalue weighted by Gasteiger charge is 2.26. The fourth-order valence-electron chi connectivity index (χ4n) is 2.88. The molecule has 1 atom stereocenters. The van der Waals surface area contributed by atoms with Crippen molar-refractivity contribution < 1.29 is 0 Å². The summed E-state index contributed by atoms with van der Waals surface area (Å²) >= 11 is 0. The van der Waals surface area contributed by atoms with Gasteiger partial charge in [0, 0.05) is 25.3 Å². The van der Waals surface area contributed by atoms with Gasteiger partial charge in [-0.2, -0.15) is 0 Å². The summed E-state index contributed by atoms with van der Waals surface area (Å²) in [6.07, 6.45) is 2.90. The highest BCUT2D eigenvalue weighted by Crippen LogP contribution is 2.26. The van der Waals surface area contributed by atoms with Crippen LogP contribution < -0.4 is 10.2 Å². The molecule has 3 rings (SSSR count). The van der Waals surface area contributed by atoms with Crippen molar-refractivity contribution in [2.45, 2.75) is 25.9 Å². The number of rotatable bonds is 3. The first-order valence-electron chi connectivity index (χ1n) is 7.05. The Balaban J connectivity index is 1.96. The molecule has 1 aromatic heterocycles. The van der Waals surface area contributed by atoms with Crippen LogP contribution in [0.25, 0.3) is 0 Å². The lowest BCUT2D eigenvalue weighted by Crippen LogP contribution is -2.46. The fourth-order valence-corrected chi connectivity index (χ4v) is 2.88. The molecule has 1 aliphatic heterocycles. The molecule has 1 aliphatic rings.